The lowest BCUT2D eigenvalue weighted by Crippen LogP contribution is -2.28. The van der Waals surface area contributed by atoms with Crippen LogP contribution < -0.4 is 0 Å². The molecule has 3 heteroatoms. The van der Waals surface area contributed by atoms with Gasteiger partial charge in [0.25, 0.3) is 0 Å². The molecule has 0 N–H and O–H groups in total. The van der Waals surface area contributed by atoms with E-state index in [-0.39, 0.29) is 0 Å². The largest absolute Gasteiger partial charge is 0.298 e. The average molecular weight is 231 g/mol. The van der Waals surface area contributed by atoms with E-state index in [0.29, 0.717) is 12.3 Å². The average Bonchev–Trinajstić information content (AvgIpc) is 2.25. The third-order valence-electron chi connectivity index (χ3n) is 2.50. The third-order valence-corrected chi connectivity index (χ3v) is 2.50. The molecule has 1 aromatic heterocycles. The Bertz CT molecular complexity index is 379. The van der Waals surface area contributed by atoms with Crippen molar-refractivity contribution in [1.29, 1.82) is 5.26 Å². The summed E-state index contributed by atoms with van der Waals surface area (Å²) < 4.78 is 0. The highest BCUT2D eigenvalue weighted by atomic mass is 15.1. The zero-order valence-electron chi connectivity index (χ0n) is 11.0. The molecule has 0 atom stereocenters. The standard InChI is InChI=1S/C14H21N3/c1-12(2)10-17(6-4-5-15)11-14-7-13(3)8-16-9-14/h7-9,12H,4,6,10-11H2,1-3H3. The fraction of sp³-hybridized carbons (Fsp3) is 0.571. The fourth-order valence-electron chi connectivity index (χ4n) is 1.92. The monoisotopic (exact) mass is 231 g/mol. The van der Waals surface area contributed by atoms with E-state index >= 15 is 0 Å². The number of aryl methyl sites for hydroxylation is 1. The van der Waals surface area contributed by atoms with Crippen molar-refractivity contribution < 1.29 is 0 Å². The molecule has 0 aliphatic heterocycles. The van der Waals surface area contributed by atoms with E-state index in [0.717, 1.165) is 19.6 Å². The molecule has 0 saturated carbocycles. The van der Waals surface area contributed by atoms with Crippen LogP contribution >= 0.6 is 0 Å². The summed E-state index contributed by atoms with van der Waals surface area (Å²) in [5.74, 6) is 0.617. The second-order valence-electron chi connectivity index (χ2n) is 4.91. The van der Waals surface area contributed by atoms with Gasteiger partial charge in [0.2, 0.25) is 0 Å². The highest BCUT2D eigenvalue weighted by Crippen LogP contribution is 2.08. The molecule has 92 valence electrons. The predicted octanol–water partition coefficient (Wildman–Crippen LogP) is 2.76. The van der Waals surface area contributed by atoms with Crippen molar-refractivity contribution >= 4 is 0 Å². The summed E-state index contributed by atoms with van der Waals surface area (Å²) in [4.78, 5) is 6.53. The first-order chi connectivity index (χ1) is 8.11. The first-order valence-corrected chi connectivity index (χ1v) is 6.11. The van der Waals surface area contributed by atoms with Crippen LogP contribution in [0, 0.1) is 24.2 Å². The molecule has 0 spiro atoms. The summed E-state index contributed by atoms with van der Waals surface area (Å²) in [5, 5.41) is 8.67. The maximum atomic E-state index is 8.67. The van der Waals surface area contributed by atoms with Crippen molar-refractivity contribution in [3.05, 3.63) is 29.6 Å². The minimum Gasteiger partial charge on any atom is -0.298 e. The molecule has 0 aliphatic rings. The number of nitrogens with zero attached hydrogens (tertiary/aromatic N) is 3. The van der Waals surface area contributed by atoms with Crippen molar-refractivity contribution in [1.82, 2.24) is 9.88 Å². The van der Waals surface area contributed by atoms with Gasteiger partial charge in [0, 0.05) is 38.4 Å². The molecule has 17 heavy (non-hydrogen) atoms. The molecule has 0 bridgehead atoms. The number of hydrogen-bond acceptors (Lipinski definition) is 3. The van der Waals surface area contributed by atoms with Crippen LogP contribution in [-0.4, -0.2) is 23.0 Å². The lowest BCUT2D eigenvalue weighted by Gasteiger charge is -2.23. The normalized spacial score (nSPS) is 10.8. The van der Waals surface area contributed by atoms with Gasteiger partial charge < -0.3 is 0 Å². The molecule has 1 heterocycles. The fourth-order valence-corrected chi connectivity index (χ4v) is 1.92. The van der Waals surface area contributed by atoms with Crippen molar-refractivity contribution in [3.8, 4) is 6.07 Å². The molecule has 1 rings (SSSR count). The molecular formula is C14H21N3. The van der Waals surface area contributed by atoms with Crippen LogP contribution in [0.25, 0.3) is 0 Å². The smallest absolute Gasteiger partial charge is 0.0635 e. The van der Waals surface area contributed by atoms with Crippen LogP contribution in [0.3, 0.4) is 0 Å². The van der Waals surface area contributed by atoms with Crippen LogP contribution in [0.15, 0.2) is 18.5 Å². The predicted molar refractivity (Wildman–Crippen MR) is 69.3 cm³/mol. The van der Waals surface area contributed by atoms with Gasteiger partial charge in [-0.1, -0.05) is 19.9 Å². The highest BCUT2D eigenvalue weighted by molar-refractivity contribution is 5.16. The minimum absolute atomic E-state index is 0.589. The van der Waals surface area contributed by atoms with Crippen molar-refractivity contribution in [2.45, 2.75) is 33.7 Å². The molecule has 1 aromatic rings. The van der Waals surface area contributed by atoms with Gasteiger partial charge in [-0.15, -0.1) is 0 Å². The van der Waals surface area contributed by atoms with Crippen LogP contribution in [0.5, 0.6) is 0 Å². The van der Waals surface area contributed by atoms with Crippen molar-refractivity contribution in [3.63, 3.8) is 0 Å². The number of hydrogen-bond donors (Lipinski definition) is 0. The molecule has 0 aliphatic carbocycles. The molecule has 0 radical (unpaired) electrons. The Kier molecular flexibility index (Phi) is 5.65. The number of rotatable bonds is 6. The van der Waals surface area contributed by atoms with Gasteiger partial charge in [0.15, 0.2) is 0 Å². The Morgan fingerprint density at radius 3 is 2.76 bits per heavy atom. The van der Waals surface area contributed by atoms with E-state index in [4.69, 9.17) is 5.26 Å². The van der Waals surface area contributed by atoms with Gasteiger partial charge in [0.05, 0.1) is 6.07 Å². The quantitative estimate of drug-likeness (QED) is 0.755. The summed E-state index contributed by atoms with van der Waals surface area (Å²) in [5.41, 5.74) is 2.41. The van der Waals surface area contributed by atoms with Gasteiger partial charge in [-0.2, -0.15) is 5.26 Å². The molecule has 0 unspecified atom stereocenters. The lowest BCUT2D eigenvalue weighted by atomic mass is 10.1. The molecular weight excluding hydrogens is 210 g/mol. The zero-order chi connectivity index (χ0) is 12.7. The van der Waals surface area contributed by atoms with Gasteiger partial charge in [-0.3, -0.25) is 9.88 Å². The highest BCUT2D eigenvalue weighted by Gasteiger charge is 2.08. The third kappa shape index (κ3) is 5.46. The first kappa shape index (κ1) is 13.7. The van der Waals surface area contributed by atoms with E-state index in [9.17, 15) is 0 Å². The van der Waals surface area contributed by atoms with Gasteiger partial charge in [0.1, 0.15) is 0 Å². The molecule has 0 saturated heterocycles. The number of aromatic nitrogens is 1. The summed E-state index contributed by atoms with van der Waals surface area (Å²) in [6.07, 6.45) is 4.37. The lowest BCUT2D eigenvalue weighted by molar-refractivity contribution is 0.241. The Labute approximate surface area is 104 Å². The minimum atomic E-state index is 0.589. The van der Waals surface area contributed by atoms with Gasteiger partial charge in [-0.05, 0) is 24.0 Å². The number of pyridine rings is 1. The maximum Gasteiger partial charge on any atom is 0.0635 e. The Morgan fingerprint density at radius 2 is 2.18 bits per heavy atom. The SMILES string of the molecule is Cc1cncc(CN(CCC#N)CC(C)C)c1. The Balaban J connectivity index is 2.61. The second-order valence-corrected chi connectivity index (χ2v) is 4.91. The molecule has 0 aromatic carbocycles. The topological polar surface area (TPSA) is 39.9 Å². The van der Waals surface area contributed by atoms with Gasteiger partial charge in [-0.25, -0.2) is 0 Å². The summed E-state index contributed by atoms with van der Waals surface area (Å²) in [6, 6.07) is 4.37. The van der Waals surface area contributed by atoms with Crippen LogP contribution in [-0.2, 0) is 6.54 Å². The van der Waals surface area contributed by atoms with Crippen molar-refractivity contribution in [2.75, 3.05) is 13.1 Å². The summed E-state index contributed by atoms with van der Waals surface area (Å²) in [6.45, 7) is 9.20. The van der Waals surface area contributed by atoms with Crippen molar-refractivity contribution in [2.24, 2.45) is 5.92 Å². The summed E-state index contributed by atoms with van der Waals surface area (Å²) >= 11 is 0. The Hall–Kier alpha value is -1.40. The van der Waals surface area contributed by atoms with E-state index in [1.807, 2.05) is 12.4 Å². The first-order valence-electron chi connectivity index (χ1n) is 6.11. The van der Waals surface area contributed by atoms with E-state index in [1.54, 1.807) is 0 Å². The molecule has 0 amide bonds. The second kappa shape index (κ2) is 7.03. The zero-order valence-corrected chi connectivity index (χ0v) is 11.0. The molecule has 0 fully saturated rings. The van der Waals surface area contributed by atoms with E-state index < -0.39 is 0 Å². The van der Waals surface area contributed by atoms with Crippen LogP contribution in [0.1, 0.15) is 31.4 Å². The van der Waals surface area contributed by atoms with Crippen LogP contribution in [0.2, 0.25) is 0 Å². The number of nitriles is 1. The van der Waals surface area contributed by atoms with E-state index in [1.165, 1.54) is 11.1 Å². The Morgan fingerprint density at radius 1 is 1.41 bits per heavy atom. The van der Waals surface area contributed by atoms with Gasteiger partial charge >= 0.3 is 0 Å². The summed E-state index contributed by atoms with van der Waals surface area (Å²) in [7, 11) is 0. The molecule has 3 nitrogen and oxygen atoms in total. The van der Waals surface area contributed by atoms with Crippen LogP contribution in [0.4, 0.5) is 0 Å². The maximum absolute atomic E-state index is 8.67. The van der Waals surface area contributed by atoms with E-state index in [2.05, 4.69) is 42.8 Å².